The van der Waals surface area contributed by atoms with Crippen molar-refractivity contribution in [3.8, 4) is 11.4 Å². The lowest BCUT2D eigenvalue weighted by molar-refractivity contribution is 0.630. The summed E-state index contributed by atoms with van der Waals surface area (Å²) in [5.41, 5.74) is 2.22. The summed E-state index contributed by atoms with van der Waals surface area (Å²) in [6, 6.07) is 22.1. The molecule has 0 unspecified atom stereocenters. The maximum atomic E-state index is 14.3. The number of benzene rings is 3. The highest BCUT2D eigenvalue weighted by atomic mass is 35.5. The first-order valence-corrected chi connectivity index (χ1v) is 8.97. The van der Waals surface area contributed by atoms with E-state index >= 15 is 0 Å². The SMILES string of the molecule is CN(Cc1ccccc1)c1nc(-c2ccccc2F)nc2cc(Cl)ccc12. The monoisotopic (exact) mass is 377 g/mol. The minimum atomic E-state index is -0.351. The van der Waals surface area contributed by atoms with E-state index in [1.54, 1.807) is 24.3 Å². The van der Waals surface area contributed by atoms with Gasteiger partial charge >= 0.3 is 0 Å². The third kappa shape index (κ3) is 3.62. The van der Waals surface area contributed by atoms with Gasteiger partial charge in [0, 0.05) is 24.0 Å². The summed E-state index contributed by atoms with van der Waals surface area (Å²) in [4.78, 5) is 11.3. The second-order valence-electron chi connectivity index (χ2n) is 6.35. The van der Waals surface area contributed by atoms with Gasteiger partial charge in [-0.15, -0.1) is 0 Å². The van der Waals surface area contributed by atoms with Gasteiger partial charge in [-0.25, -0.2) is 14.4 Å². The van der Waals surface area contributed by atoms with Gasteiger partial charge in [-0.05, 0) is 35.9 Å². The molecule has 3 aromatic carbocycles. The van der Waals surface area contributed by atoms with Gasteiger partial charge < -0.3 is 4.90 Å². The quantitative estimate of drug-likeness (QED) is 0.455. The molecule has 27 heavy (non-hydrogen) atoms. The Balaban J connectivity index is 1.86. The number of anilines is 1. The average molecular weight is 378 g/mol. The van der Waals surface area contributed by atoms with Crippen molar-refractivity contribution < 1.29 is 4.39 Å². The van der Waals surface area contributed by atoms with Crippen molar-refractivity contribution in [2.75, 3.05) is 11.9 Å². The zero-order chi connectivity index (χ0) is 18.8. The lowest BCUT2D eigenvalue weighted by Gasteiger charge is -2.21. The summed E-state index contributed by atoms with van der Waals surface area (Å²) < 4.78 is 14.3. The molecule has 0 aliphatic heterocycles. The molecule has 3 nitrogen and oxygen atoms in total. The predicted molar refractivity (Wildman–Crippen MR) is 108 cm³/mol. The van der Waals surface area contributed by atoms with E-state index < -0.39 is 0 Å². The number of aromatic nitrogens is 2. The first-order chi connectivity index (χ1) is 13.1. The highest BCUT2D eigenvalue weighted by Gasteiger charge is 2.15. The Morgan fingerprint density at radius 1 is 0.926 bits per heavy atom. The molecule has 1 heterocycles. The zero-order valence-corrected chi connectivity index (χ0v) is 15.5. The van der Waals surface area contributed by atoms with Crippen LogP contribution in [0.15, 0.2) is 72.8 Å². The third-order valence-electron chi connectivity index (χ3n) is 4.38. The molecule has 0 aliphatic rings. The van der Waals surface area contributed by atoms with Crippen molar-refractivity contribution in [1.82, 2.24) is 9.97 Å². The Morgan fingerprint density at radius 2 is 1.67 bits per heavy atom. The third-order valence-corrected chi connectivity index (χ3v) is 4.61. The van der Waals surface area contributed by atoms with Gasteiger partial charge in [0.25, 0.3) is 0 Å². The summed E-state index contributed by atoms with van der Waals surface area (Å²) in [5.74, 6) is 0.729. The standard InChI is InChI=1S/C22H17ClFN3/c1-27(14-15-7-3-2-4-8-15)22-18-12-11-16(23)13-20(18)25-21(26-22)17-9-5-6-10-19(17)24/h2-13H,14H2,1H3. The van der Waals surface area contributed by atoms with Crippen LogP contribution in [0, 0.1) is 5.82 Å². The summed E-state index contributed by atoms with van der Waals surface area (Å²) in [5, 5.41) is 1.45. The topological polar surface area (TPSA) is 29.0 Å². The zero-order valence-electron chi connectivity index (χ0n) is 14.7. The maximum absolute atomic E-state index is 14.3. The van der Waals surface area contributed by atoms with Crippen LogP contribution < -0.4 is 4.90 Å². The second-order valence-corrected chi connectivity index (χ2v) is 6.79. The molecule has 4 rings (SSSR count). The van der Waals surface area contributed by atoms with Gasteiger partial charge in [0.1, 0.15) is 11.6 Å². The fourth-order valence-corrected chi connectivity index (χ4v) is 3.24. The van der Waals surface area contributed by atoms with Crippen molar-refractivity contribution in [2.45, 2.75) is 6.54 Å². The van der Waals surface area contributed by atoms with E-state index in [4.69, 9.17) is 11.6 Å². The molecule has 0 fully saturated rings. The van der Waals surface area contributed by atoms with Crippen molar-refractivity contribution >= 4 is 28.3 Å². The normalized spacial score (nSPS) is 10.9. The minimum absolute atomic E-state index is 0.345. The number of hydrogen-bond donors (Lipinski definition) is 0. The number of hydrogen-bond acceptors (Lipinski definition) is 3. The highest BCUT2D eigenvalue weighted by molar-refractivity contribution is 6.31. The van der Waals surface area contributed by atoms with E-state index in [1.165, 1.54) is 6.07 Å². The molecule has 0 saturated carbocycles. The molecule has 134 valence electrons. The molecule has 0 spiro atoms. The fourth-order valence-electron chi connectivity index (χ4n) is 3.07. The largest absolute Gasteiger partial charge is 0.355 e. The summed E-state index contributed by atoms with van der Waals surface area (Å²) >= 11 is 6.16. The van der Waals surface area contributed by atoms with E-state index in [9.17, 15) is 4.39 Å². The Labute approximate surface area is 162 Å². The molecule has 0 N–H and O–H groups in total. The second kappa shape index (κ2) is 7.33. The van der Waals surface area contributed by atoms with E-state index in [0.717, 1.165) is 16.8 Å². The predicted octanol–water partition coefficient (Wildman–Crippen LogP) is 5.73. The molecule has 0 radical (unpaired) electrons. The molecule has 5 heteroatoms. The summed E-state index contributed by atoms with van der Waals surface area (Å²) in [7, 11) is 1.97. The van der Waals surface area contributed by atoms with Gasteiger partial charge in [-0.3, -0.25) is 0 Å². The Morgan fingerprint density at radius 3 is 2.44 bits per heavy atom. The van der Waals surface area contributed by atoms with Crippen molar-refractivity contribution in [1.29, 1.82) is 0 Å². The number of fused-ring (bicyclic) bond motifs is 1. The fraction of sp³-hybridized carbons (Fsp3) is 0.0909. The molecule has 4 aromatic rings. The van der Waals surface area contributed by atoms with E-state index in [0.29, 0.717) is 28.5 Å². The number of rotatable bonds is 4. The lowest BCUT2D eigenvalue weighted by atomic mass is 10.1. The van der Waals surface area contributed by atoms with Crippen LogP contribution in [-0.2, 0) is 6.54 Å². The summed E-state index contributed by atoms with van der Waals surface area (Å²) in [6.07, 6.45) is 0. The molecule has 0 atom stereocenters. The molecular weight excluding hydrogens is 361 g/mol. The van der Waals surface area contributed by atoms with Crippen LogP contribution in [0.5, 0.6) is 0 Å². The smallest absolute Gasteiger partial charge is 0.165 e. The Hall–Kier alpha value is -2.98. The van der Waals surface area contributed by atoms with Crippen LogP contribution in [0.2, 0.25) is 5.02 Å². The van der Waals surface area contributed by atoms with Crippen LogP contribution in [0.25, 0.3) is 22.3 Å². The number of nitrogens with zero attached hydrogens (tertiary/aromatic N) is 3. The molecule has 0 aliphatic carbocycles. The molecule has 0 saturated heterocycles. The van der Waals surface area contributed by atoms with Gasteiger partial charge in [0.05, 0.1) is 11.1 Å². The highest BCUT2D eigenvalue weighted by Crippen LogP contribution is 2.30. The number of halogens is 2. The van der Waals surface area contributed by atoms with E-state index in [1.807, 2.05) is 42.3 Å². The van der Waals surface area contributed by atoms with E-state index in [2.05, 4.69) is 22.1 Å². The van der Waals surface area contributed by atoms with Gasteiger partial charge in [-0.2, -0.15) is 0 Å². The minimum Gasteiger partial charge on any atom is -0.355 e. The van der Waals surface area contributed by atoms with Crippen LogP contribution in [0.3, 0.4) is 0 Å². The molecular formula is C22H17ClFN3. The van der Waals surface area contributed by atoms with Crippen LogP contribution in [-0.4, -0.2) is 17.0 Å². The van der Waals surface area contributed by atoms with Crippen LogP contribution in [0.1, 0.15) is 5.56 Å². The molecule has 1 aromatic heterocycles. The molecule has 0 bridgehead atoms. The van der Waals surface area contributed by atoms with E-state index in [-0.39, 0.29) is 5.82 Å². The molecule has 0 amide bonds. The Kier molecular flexibility index (Phi) is 4.73. The van der Waals surface area contributed by atoms with Crippen LogP contribution >= 0.6 is 11.6 Å². The van der Waals surface area contributed by atoms with Gasteiger partial charge in [0.2, 0.25) is 0 Å². The average Bonchev–Trinajstić information content (AvgIpc) is 2.68. The first kappa shape index (κ1) is 17.4. The summed E-state index contributed by atoms with van der Waals surface area (Å²) in [6.45, 7) is 0.673. The van der Waals surface area contributed by atoms with Crippen molar-refractivity contribution in [3.63, 3.8) is 0 Å². The van der Waals surface area contributed by atoms with Gasteiger partial charge in [-0.1, -0.05) is 54.1 Å². The van der Waals surface area contributed by atoms with Crippen molar-refractivity contribution in [3.05, 3.63) is 89.2 Å². The first-order valence-electron chi connectivity index (χ1n) is 8.59. The van der Waals surface area contributed by atoms with Gasteiger partial charge in [0.15, 0.2) is 5.82 Å². The van der Waals surface area contributed by atoms with Crippen LogP contribution in [0.4, 0.5) is 10.2 Å². The maximum Gasteiger partial charge on any atom is 0.165 e. The lowest BCUT2D eigenvalue weighted by Crippen LogP contribution is -2.18. The van der Waals surface area contributed by atoms with Crippen molar-refractivity contribution in [2.24, 2.45) is 0 Å². The Bertz CT molecular complexity index is 1100.